The molecule has 1 unspecified atom stereocenters. The van der Waals surface area contributed by atoms with Crippen molar-refractivity contribution in [1.29, 1.82) is 0 Å². The van der Waals surface area contributed by atoms with Crippen LogP contribution in [0.3, 0.4) is 0 Å². The maximum atomic E-state index is 13.8. The van der Waals surface area contributed by atoms with Crippen molar-refractivity contribution >= 4 is 0 Å². The van der Waals surface area contributed by atoms with Gasteiger partial charge in [0.1, 0.15) is 11.6 Å². The summed E-state index contributed by atoms with van der Waals surface area (Å²) in [7, 11) is 0. The average molecular weight is 266 g/mol. The molecule has 2 rings (SSSR count). The normalized spacial score (nSPS) is 12.6. The van der Waals surface area contributed by atoms with Gasteiger partial charge in [-0.1, -0.05) is 6.92 Å². The number of nitrogens with one attached hydrogen (secondary N) is 1. The predicted molar refractivity (Wildman–Crippen MR) is 68.0 cm³/mol. The van der Waals surface area contributed by atoms with E-state index in [0.717, 1.165) is 24.6 Å². The fourth-order valence-electron chi connectivity index (χ4n) is 2.06. The first kappa shape index (κ1) is 13.6. The monoisotopic (exact) mass is 266 g/mol. The summed E-state index contributed by atoms with van der Waals surface area (Å²) in [6.07, 6.45) is 2.50. The quantitative estimate of drug-likeness (QED) is 0.644. The third kappa shape index (κ3) is 2.80. The van der Waals surface area contributed by atoms with Gasteiger partial charge in [-0.25, -0.2) is 14.2 Å². The Bertz CT molecular complexity index is 553. The molecule has 1 atom stereocenters. The van der Waals surface area contributed by atoms with Crippen LogP contribution in [0.2, 0.25) is 0 Å². The van der Waals surface area contributed by atoms with Gasteiger partial charge in [0.25, 0.3) is 0 Å². The highest BCUT2D eigenvalue weighted by Crippen LogP contribution is 2.24. The summed E-state index contributed by atoms with van der Waals surface area (Å²) < 4.78 is 28.8. The maximum absolute atomic E-state index is 13.8. The minimum Gasteiger partial charge on any atom is -0.271 e. The second-order valence-corrected chi connectivity index (χ2v) is 4.24. The van der Waals surface area contributed by atoms with Crippen LogP contribution in [0.4, 0.5) is 8.78 Å². The van der Waals surface area contributed by atoms with E-state index in [1.807, 2.05) is 6.92 Å². The van der Waals surface area contributed by atoms with Crippen LogP contribution in [-0.2, 0) is 6.54 Å². The lowest BCUT2D eigenvalue weighted by atomic mass is 10.0. The van der Waals surface area contributed by atoms with Crippen LogP contribution in [0, 0.1) is 11.6 Å². The molecule has 0 saturated heterocycles. The van der Waals surface area contributed by atoms with Crippen molar-refractivity contribution in [2.24, 2.45) is 5.84 Å². The average Bonchev–Trinajstić information content (AvgIpc) is 2.83. The van der Waals surface area contributed by atoms with Crippen molar-refractivity contribution in [1.82, 2.24) is 15.2 Å². The van der Waals surface area contributed by atoms with E-state index in [1.165, 1.54) is 0 Å². The van der Waals surface area contributed by atoms with Gasteiger partial charge in [0.05, 0.1) is 11.7 Å². The summed E-state index contributed by atoms with van der Waals surface area (Å²) in [5.41, 5.74) is 3.39. The number of hydrazine groups is 1. The summed E-state index contributed by atoms with van der Waals surface area (Å²) in [6.45, 7) is 2.70. The van der Waals surface area contributed by atoms with Crippen LogP contribution in [0.5, 0.6) is 0 Å². The highest BCUT2D eigenvalue weighted by atomic mass is 19.1. The van der Waals surface area contributed by atoms with E-state index < -0.39 is 17.7 Å². The number of hydrogen-bond acceptors (Lipinski definition) is 3. The number of aromatic nitrogens is 2. The van der Waals surface area contributed by atoms with Crippen molar-refractivity contribution in [2.75, 3.05) is 0 Å². The Hall–Kier alpha value is -1.79. The van der Waals surface area contributed by atoms with Gasteiger partial charge >= 0.3 is 0 Å². The minimum atomic E-state index is -0.634. The van der Waals surface area contributed by atoms with Crippen LogP contribution in [0.25, 0.3) is 0 Å². The Balaban J connectivity index is 2.44. The molecule has 0 aliphatic carbocycles. The molecule has 0 bridgehead atoms. The third-order valence-electron chi connectivity index (χ3n) is 2.92. The molecule has 0 aliphatic heterocycles. The number of hydrogen-bond donors (Lipinski definition) is 2. The fourth-order valence-corrected chi connectivity index (χ4v) is 2.06. The molecule has 1 heterocycles. The van der Waals surface area contributed by atoms with Crippen LogP contribution in [0.1, 0.15) is 30.6 Å². The highest BCUT2D eigenvalue weighted by Gasteiger charge is 2.20. The Morgan fingerprint density at radius 3 is 2.84 bits per heavy atom. The standard InChI is InChI=1S/C13H16F2N4/c1-2-7-19-12(5-6-17-19)13(18-16)10-8-9(14)3-4-11(10)15/h3-6,8,13,18H,2,7,16H2,1H3. The molecule has 3 N–H and O–H groups in total. The first-order valence-electron chi connectivity index (χ1n) is 6.10. The lowest BCUT2D eigenvalue weighted by Crippen LogP contribution is -2.31. The molecule has 0 amide bonds. The van der Waals surface area contributed by atoms with Crippen LogP contribution in [0.15, 0.2) is 30.5 Å². The molecule has 2 aromatic rings. The molecule has 1 aromatic heterocycles. The summed E-state index contributed by atoms with van der Waals surface area (Å²) >= 11 is 0. The SMILES string of the molecule is CCCn1nccc1C(NN)c1cc(F)ccc1F. The molecule has 102 valence electrons. The topological polar surface area (TPSA) is 55.9 Å². The van der Waals surface area contributed by atoms with Crippen molar-refractivity contribution in [3.8, 4) is 0 Å². The van der Waals surface area contributed by atoms with Crippen molar-refractivity contribution < 1.29 is 8.78 Å². The molecule has 6 heteroatoms. The molecule has 19 heavy (non-hydrogen) atoms. The fraction of sp³-hybridized carbons (Fsp3) is 0.308. The summed E-state index contributed by atoms with van der Waals surface area (Å²) in [6, 6.07) is 4.42. The molecule has 0 aliphatic rings. The van der Waals surface area contributed by atoms with Crippen LogP contribution < -0.4 is 11.3 Å². The van der Waals surface area contributed by atoms with Gasteiger partial charge in [0.15, 0.2) is 0 Å². The number of nitrogens with two attached hydrogens (primary N) is 1. The zero-order valence-corrected chi connectivity index (χ0v) is 10.6. The zero-order valence-electron chi connectivity index (χ0n) is 10.6. The summed E-state index contributed by atoms with van der Waals surface area (Å²) in [5.74, 6) is 4.49. The van der Waals surface area contributed by atoms with Gasteiger partial charge in [-0.15, -0.1) is 0 Å². The largest absolute Gasteiger partial charge is 0.271 e. The minimum absolute atomic E-state index is 0.167. The van der Waals surface area contributed by atoms with Crippen molar-refractivity contribution in [2.45, 2.75) is 25.9 Å². The number of benzene rings is 1. The van der Waals surface area contributed by atoms with E-state index in [2.05, 4.69) is 10.5 Å². The Morgan fingerprint density at radius 2 is 2.16 bits per heavy atom. The van der Waals surface area contributed by atoms with E-state index in [-0.39, 0.29) is 5.56 Å². The number of aryl methyl sites for hydroxylation is 1. The van der Waals surface area contributed by atoms with Gasteiger partial charge in [-0.3, -0.25) is 10.5 Å². The smallest absolute Gasteiger partial charge is 0.128 e. The predicted octanol–water partition coefficient (Wildman–Crippen LogP) is 2.12. The molecular formula is C13H16F2N4. The maximum Gasteiger partial charge on any atom is 0.128 e. The first-order chi connectivity index (χ1) is 9.17. The van der Waals surface area contributed by atoms with Gasteiger partial charge in [-0.2, -0.15) is 5.10 Å². The Labute approximate surface area is 110 Å². The number of nitrogens with zero attached hydrogens (tertiary/aromatic N) is 2. The number of rotatable bonds is 5. The van der Waals surface area contributed by atoms with E-state index in [1.54, 1.807) is 16.9 Å². The zero-order chi connectivity index (χ0) is 13.8. The molecule has 0 saturated carbocycles. The molecule has 0 radical (unpaired) electrons. The molecule has 0 fully saturated rings. The van der Waals surface area contributed by atoms with E-state index in [9.17, 15) is 8.78 Å². The van der Waals surface area contributed by atoms with E-state index >= 15 is 0 Å². The van der Waals surface area contributed by atoms with Gasteiger partial charge in [-0.05, 0) is 30.7 Å². The highest BCUT2D eigenvalue weighted by molar-refractivity contribution is 5.29. The molecule has 1 aromatic carbocycles. The van der Waals surface area contributed by atoms with Crippen LogP contribution >= 0.6 is 0 Å². The molecular weight excluding hydrogens is 250 g/mol. The Kier molecular flexibility index (Phi) is 4.24. The molecule has 4 nitrogen and oxygen atoms in total. The lowest BCUT2D eigenvalue weighted by Gasteiger charge is -2.18. The molecule has 0 spiro atoms. The summed E-state index contributed by atoms with van der Waals surface area (Å²) in [5, 5.41) is 4.16. The van der Waals surface area contributed by atoms with E-state index in [0.29, 0.717) is 12.2 Å². The summed E-state index contributed by atoms with van der Waals surface area (Å²) in [4.78, 5) is 0. The van der Waals surface area contributed by atoms with Gasteiger partial charge < -0.3 is 0 Å². The Morgan fingerprint density at radius 1 is 1.37 bits per heavy atom. The van der Waals surface area contributed by atoms with Gasteiger partial charge in [0, 0.05) is 18.3 Å². The lowest BCUT2D eigenvalue weighted by molar-refractivity contribution is 0.497. The first-order valence-corrected chi connectivity index (χ1v) is 6.10. The number of halogens is 2. The third-order valence-corrected chi connectivity index (χ3v) is 2.92. The van der Waals surface area contributed by atoms with Crippen molar-refractivity contribution in [3.05, 3.63) is 53.4 Å². The van der Waals surface area contributed by atoms with Gasteiger partial charge in [0.2, 0.25) is 0 Å². The van der Waals surface area contributed by atoms with Crippen LogP contribution in [-0.4, -0.2) is 9.78 Å². The van der Waals surface area contributed by atoms with Crippen molar-refractivity contribution in [3.63, 3.8) is 0 Å². The second-order valence-electron chi connectivity index (χ2n) is 4.24. The van der Waals surface area contributed by atoms with E-state index in [4.69, 9.17) is 5.84 Å². The second kappa shape index (κ2) is 5.90.